The molecule has 6 heteroatoms. The van der Waals surface area contributed by atoms with Crippen molar-refractivity contribution in [2.24, 2.45) is 5.92 Å². The van der Waals surface area contributed by atoms with Crippen LogP contribution in [0.1, 0.15) is 32.1 Å². The van der Waals surface area contributed by atoms with Gasteiger partial charge < -0.3 is 14.8 Å². The minimum Gasteiger partial charge on any atom is -0.337 e. The summed E-state index contributed by atoms with van der Waals surface area (Å²) in [4.78, 5) is 18.0. The number of imidazole rings is 1. The van der Waals surface area contributed by atoms with Gasteiger partial charge in [0.25, 0.3) is 0 Å². The van der Waals surface area contributed by atoms with Gasteiger partial charge in [-0.05, 0) is 38.0 Å². The van der Waals surface area contributed by atoms with Crippen molar-refractivity contribution < 1.29 is 4.79 Å². The van der Waals surface area contributed by atoms with Crippen molar-refractivity contribution in [1.29, 1.82) is 5.26 Å². The molecular formula is C16H23N5O. The van der Waals surface area contributed by atoms with E-state index in [1.54, 1.807) is 4.90 Å². The van der Waals surface area contributed by atoms with Crippen LogP contribution in [-0.4, -0.2) is 45.5 Å². The van der Waals surface area contributed by atoms with Crippen molar-refractivity contribution in [3.63, 3.8) is 0 Å². The summed E-state index contributed by atoms with van der Waals surface area (Å²) >= 11 is 0. The van der Waals surface area contributed by atoms with Gasteiger partial charge in [0.05, 0.1) is 18.9 Å². The topological polar surface area (TPSA) is 74.0 Å². The second-order valence-corrected chi connectivity index (χ2v) is 6.39. The quantitative estimate of drug-likeness (QED) is 0.885. The summed E-state index contributed by atoms with van der Waals surface area (Å²) in [6.07, 6.45) is 10.8. The molecule has 0 bridgehead atoms. The second kappa shape index (κ2) is 6.93. The highest BCUT2D eigenvalue weighted by atomic mass is 16.2. The number of rotatable bonds is 5. The van der Waals surface area contributed by atoms with E-state index in [0.717, 1.165) is 38.8 Å². The summed E-state index contributed by atoms with van der Waals surface area (Å²) in [5.74, 6) is 0.725. The van der Waals surface area contributed by atoms with Gasteiger partial charge in [0, 0.05) is 31.5 Å². The van der Waals surface area contributed by atoms with Crippen molar-refractivity contribution in [3.05, 3.63) is 18.7 Å². The smallest absolute Gasteiger partial charge is 0.237 e. The number of hydrogen-bond acceptors (Lipinski definition) is 4. The molecule has 118 valence electrons. The molecule has 1 saturated heterocycles. The number of carbonyl (C=O) groups is 1. The zero-order valence-electron chi connectivity index (χ0n) is 12.8. The monoisotopic (exact) mass is 301 g/mol. The highest BCUT2D eigenvalue weighted by molar-refractivity contribution is 5.79. The van der Waals surface area contributed by atoms with E-state index in [1.807, 2.05) is 18.7 Å². The third-order valence-electron chi connectivity index (χ3n) is 4.83. The first-order chi connectivity index (χ1) is 10.8. The Morgan fingerprint density at radius 3 is 3.09 bits per heavy atom. The van der Waals surface area contributed by atoms with E-state index in [4.69, 9.17) is 5.26 Å². The van der Waals surface area contributed by atoms with Crippen LogP contribution in [-0.2, 0) is 11.3 Å². The fourth-order valence-electron chi connectivity index (χ4n) is 3.65. The number of nitriles is 1. The minimum absolute atomic E-state index is 0.0714. The van der Waals surface area contributed by atoms with Crippen LogP contribution >= 0.6 is 0 Å². The Balaban J connectivity index is 1.41. The van der Waals surface area contributed by atoms with Gasteiger partial charge in [0.15, 0.2) is 0 Å². The van der Waals surface area contributed by atoms with Crippen LogP contribution in [0.15, 0.2) is 18.7 Å². The highest BCUT2D eigenvalue weighted by Gasteiger charge is 2.30. The summed E-state index contributed by atoms with van der Waals surface area (Å²) in [6, 6.07) is 2.42. The normalized spacial score (nSPS) is 28.0. The third-order valence-corrected chi connectivity index (χ3v) is 4.83. The molecule has 3 atom stereocenters. The van der Waals surface area contributed by atoms with E-state index in [2.05, 4.69) is 20.9 Å². The maximum atomic E-state index is 12.2. The molecule has 6 nitrogen and oxygen atoms in total. The molecule has 22 heavy (non-hydrogen) atoms. The molecule has 0 spiro atoms. The Hall–Kier alpha value is -1.87. The Bertz CT molecular complexity index is 535. The van der Waals surface area contributed by atoms with E-state index in [0.29, 0.717) is 18.5 Å². The van der Waals surface area contributed by atoms with Crippen LogP contribution in [0, 0.1) is 17.2 Å². The number of nitrogens with zero attached hydrogens (tertiary/aromatic N) is 4. The Morgan fingerprint density at radius 2 is 2.32 bits per heavy atom. The predicted molar refractivity (Wildman–Crippen MR) is 81.7 cm³/mol. The van der Waals surface area contributed by atoms with E-state index in [-0.39, 0.29) is 11.9 Å². The molecule has 0 radical (unpaired) electrons. The van der Waals surface area contributed by atoms with Gasteiger partial charge in [-0.25, -0.2) is 4.98 Å². The van der Waals surface area contributed by atoms with Crippen molar-refractivity contribution in [2.45, 2.75) is 50.7 Å². The first-order valence-electron chi connectivity index (χ1n) is 8.14. The lowest BCUT2D eigenvalue weighted by Crippen LogP contribution is -2.42. The number of carbonyl (C=O) groups excluding carboxylic acids is 1. The number of aromatic nitrogens is 2. The van der Waals surface area contributed by atoms with Crippen LogP contribution in [0.5, 0.6) is 0 Å². The minimum atomic E-state index is -0.216. The van der Waals surface area contributed by atoms with Gasteiger partial charge in [0.1, 0.15) is 6.04 Å². The van der Waals surface area contributed by atoms with Gasteiger partial charge in [-0.2, -0.15) is 5.26 Å². The predicted octanol–water partition coefficient (Wildman–Crippen LogP) is 1.16. The fourth-order valence-corrected chi connectivity index (χ4v) is 3.65. The zero-order chi connectivity index (χ0) is 15.4. The number of amides is 1. The highest BCUT2D eigenvalue weighted by Crippen LogP contribution is 2.27. The van der Waals surface area contributed by atoms with E-state index < -0.39 is 0 Å². The molecule has 2 heterocycles. The lowest BCUT2D eigenvalue weighted by Gasteiger charge is -2.21. The van der Waals surface area contributed by atoms with Gasteiger partial charge in [-0.1, -0.05) is 0 Å². The number of hydrogen-bond donors (Lipinski definition) is 1. The number of nitrogens with one attached hydrogen (secondary N) is 1. The number of likely N-dealkylation sites (tertiary alicyclic amines) is 1. The Morgan fingerprint density at radius 1 is 1.41 bits per heavy atom. The molecule has 1 amide bonds. The van der Waals surface area contributed by atoms with E-state index in [1.165, 1.54) is 6.42 Å². The summed E-state index contributed by atoms with van der Waals surface area (Å²) < 4.78 is 2.12. The summed E-state index contributed by atoms with van der Waals surface area (Å²) in [5, 5.41) is 12.4. The molecule has 2 aliphatic rings. The Labute approximate surface area is 131 Å². The third kappa shape index (κ3) is 3.47. The van der Waals surface area contributed by atoms with E-state index >= 15 is 0 Å². The molecule has 3 rings (SSSR count). The molecule has 2 fully saturated rings. The fraction of sp³-hybridized carbons (Fsp3) is 0.688. The molecule has 1 aromatic rings. The van der Waals surface area contributed by atoms with E-state index in [9.17, 15) is 4.79 Å². The van der Waals surface area contributed by atoms with Crippen molar-refractivity contribution in [3.8, 4) is 6.07 Å². The van der Waals surface area contributed by atoms with Gasteiger partial charge in [-0.15, -0.1) is 0 Å². The van der Waals surface area contributed by atoms with Crippen LogP contribution in [0.2, 0.25) is 0 Å². The lowest BCUT2D eigenvalue weighted by atomic mass is 10.1. The molecule has 1 aliphatic carbocycles. The molecule has 1 aliphatic heterocycles. The average Bonchev–Trinajstić information content (AvgIpc) is 3.26. The largest absolute Gasteiger partial charge is 0.337 e. The van der Waals surface area contributed by atoms with Crippen molar-refractivity contribution in [1.82, 2.24) is 19.8 Å². The molecule has 0 unspecified atom stereocenters. The van der Waals surface area contributed by atoms with Gasteiger partial charge in [0.2, 0.25) is 5.91 Å². The standard InChI is InChI=1S/C16H23N5O/c17-9-15-2-1-6-21(15)16(22)10-19-14-4-3-13(8-14)11-20-7-5-18-12-20/h5,7,12-15,19H,1-4,6,8,10-11H2/t13-,14+,15-/m0/s1. The van der Waals surface area contributed by atoms with Crippen LogP contribution in [0.3, 0.4) is 0 Å². The van der Waals surface area contributed by atoms with Crippen LogP contribution in [0.4, 0.5) is 0 Å². The molecule has 1 N–H and O–H groups in total. The van der Waals surface area contributed by atoms with Crippen LogP contribution in [0.25, 0.3) is 0 Å². The van der Waals surface area contributed by atoms with Crippen LogP contribution < -0.4 is 5.32 Å². The first-order valence-corrected chi connectivity index (χ1v) is 8.14. The molecule has 1 aromatic heterocycles. The van der Waals surface area contributed by atoms with Gasteiger partial charge in [-0.3, -0.25) is 4.79 Å². The molecule has 1 saturated carbocycles. The summed E-state index contributed by atoms with van der Waals surface area (Å²) in [6.45, 7) is 2.10. The first kappa shape index (κ1) is 15.0. The molecule has 0 aromatic carbocycles. The maximum Gasteiger partial charge on any atom is 0.237 e. The summed E-state index contributed by atoms with van der Waals surface area (Å²) in [7, 11) is 0. The molecular weight excluding hydrogens is 278 g/mol. The average molecular weight is 301 g/mol. The van der Waals surface area contributed by atoms with Gasteiger partial charge >= 0.3 is 0 Å². The maximum absolute atomic E-state index is 12.2. The SMILES string of the molecule is N#C[C@@H]1CCCN1C(=O)CN[C@@H]1CC[C@H](Cn2ccnc2)C1. The Kier molecular flexibility index (Phi) is 4.74. The van der Waals surface area contributed by atoms with Crippen molar-refractivity contribution >= 4 is 5.91 Å². The van der Waals surface area contributed by atoms with Crippen molar-refractivity contribution in [2.75, 3.05) is 13.1 Å². The summed E-state index contributed by atoms with van der Waals surface area (Å²) in [5.41, 5.74) is 0. The lowest BCUT2D eigenvalue weighted by molar-refractivity contribution is -0.130. The zero-order valence-corrected chi connectivity index (χ0v) is 12.8. The second-order valence-electron chi connectivity index (χ2n) is 6.39.